The second kappa shape index (κ2) is 8.34. The molecule has 1 aromatic carbocycles. The van der Waals surface area contributed by atoms with Crippen LogP contribution in [0.3, 0.4) is 0 Å². The van der Waals surface area contributed by atoms with Crippen LogP contribution in [0.15, 0.2) is 47.8 Å². The molecular formula is C17H19NO3S. The summed E-state index contributed by atoms with van der Waals surface area (Å²) in [5, 5.41) is 13.9. The number of carbonyl (C=O) groups excluding carboxylic acids is 1. The number of carboxylic acids is 1. The second-order valence-corrected chi connectivity index (χ2v) is 6.11. The summed E-state index contributed by atoms with van der Waals surface area (Å²) in [4.78, 5) is 24.4. The van der Waals surface area contributed by atoms with Gasteiger partial charge in [-0.1, -0.05) is 36.4 Å². The summed E-state index contributed by atoms with van der Waals surface area (Å²) in [7, 11) is 0. The first-order valence-corrected chi connectivity index (χ1v) is 8.11. The van der Waals surface area contributed by atoms with Crippen molar-refractivity contribution in [3.05, 3.63) is 58.3 Å². The zero-order valence-corrected chi connectivity index (χ0v) is 13.0. The molecule has 1 amide bonds. The van der Waals surface area contributed by atoms with Crippen molar-refractivity contribution in [2.24, 2.45) is 0 Å². The van der Waals surface area contributed by atoms with Gasteiger partial charge in [0.15, 0.2) is 0 Å². The Balaban J connectivity index is 1.80. The minimum atomic E-state index is -1.00. The number of hydrogen-bond acceptors (Lipinski definition) is 3. The van der Waals surface area contributed by atoms with E-state index < -0.39 is 12.0 Å². The van der Waals surface area contributed by atoms with Gasteiger partial charge in [-0.2, -0.15) is 0 Å². The smallest absolute Gasteiger partial charge is 0.326 e. The zero-order chi connectivity index (χ0) is 15.8. The van der Waals surface area contributed by atoms with Crippen molar-refractivity contribution in [3.63, 3.8) is 0 Å². The van der Waals surface area contributed by atoms with Crippen LogP contribution in [0, 0.1) is 0 Å². The van der Waals surface area contributed by atoms with E-state index in [0.717, 1.165) is 18.4 Å². The van der Waals surface area contributed by atoms with Gasteiger partial charge in [0, 0.05) is 17.7 Å². The third kappa shape index (κ3) is 5.33. The van der Waals surface area contributed by atoms with Gasteiger partial charge in [0.05, 0.1) is 0 Å². The molecule has 22 heavy (non-hydrogen) atoms. The molecule has 1 atom stereocenters. The van der Waals surface area contributed by atoms with Gasteiger partial charge in [-0.3, -0.25) is 4.79 Å². The number of aryl methyl sites for hydroxylation is 1. The standard InChI is InChI=1S/C17H19NO3S/c19-16(10-4-8-14-9-5-11-22-14)18-15(17(20)21)12-13-6-2-1-3-7-13/h1-3,5-7,9,11,15H,4,8,10,12H2,(H,18,19)(H,20,21)/t15-/m1/s1. The van der Waals surface area contributed by atoms with E-state index in [1.54, 1.807) is 11.3 Å². The molecule has 0 saturated carbocycles. The molecule has 2 N–H and O–H groups in total. The van der Waals surface area contributed by atoms with E-state index in [1.165, 1.54) is 4.88 Å². The average molecular weight is 317 g/mol. The maximum Gasteiger partial charge on any atom is 0.326 e. The van der Waals surface area contributed by atoms with Crippen LogP contribution in [0.5, 0.6) is 0 Å². The summed E-state index contributed by atoms with van der Waals surface area (Å²) >= 11 is 1.67. The first-order chi connectivity index (χ1) is 10.6. The highest BCUT2D eigenvalue weighted by molar-refractivity contribution is 7.09. The maximum absolute atomic E-state index is 11.9. The van der Waals surface area contributed by atoms with Crippen molar-refractivity contribution in [3.8, 4) is 0 Å². The molecular weight excluding hydrogens is 298 g/mol. The molecule has 0 unspecified atom stereocenters. The average Bonchev–Trinajstić information content (AvgIpc) is 3.01. The van der Waals surface area contributed by atoms with Gasteiger partial charge in [0.25, 0.3) is 0 Å². The van der Waals surface area contributed by atoms with Crippen molar-refractivity contribution in [2.75, 3.05) is 0 Å². The lowest BCUT2D eigenvalue weighted by Crippen LogP contribution is -2.42. The van der Waals surface area contributed by atoms with Crippen LogP contribution in [0.4, 0.5) is 0 Å². The van der Waals surface area contributed by atoms with Crippen molar-refractivity contribution < 1.29 is 14.7 Å². The molecule has 4 nitrogen and oxygen atoms in total. The fourth-order valence-electron chi connectivity index (χ4n) is 2.19. The van der Waals surface area contributed by atoms with E-state index in [1.807, 2.05) is 47.8 Å². The summed E-state index contributed by atoms with van der Waals surface area (Å²) in [5.74, 6) is -1.21. The molecule has 1 aromatic heterocycles. The van der Waals surface area contributed by atoms with E-state index >= 15 is 0 Å². The van der Waals surface area contributed by atoms with Crippen molar-refractivity contribution in [1.82, 2.24) is 5.32 Å². The molecule has 2 aromatic rings. The minimum absolute atomic E-state index is 0.208. The Morgan fingerprint density at radius 1 is 1.14 bits per heavy atom. The molecule has 1 heterocycles. The Morgan fingerprint density at radius 2 is 1.91 bits per heavy atom. The van der Waals surface area contributed by atoms with Gasteiger partial charge < -0.3 is 10.4 Å². The lowest BCUT2D eigenvalue weighted by molar-refractivity contribution is -0.141. The van der Waals surface area contributed by atoms with E-state index in [9.17, 15) is 14.7 Å². The Labute approximate surface area is 133 Å². The van der Waals surface area contributed by atoms with Crippen LogP contribution in [0.1, 0.15) is 23.3 Å². The largest absolute Gasteiger partial charge is 0.480 e. The summed E-state index contributed by atoms with van der Waals surface area (Å²) < 4.78 is 0. The molecule has 5 heteroatoms. The zero-order valence-electron chi connectivity index (χ0n) is 12.2. The monoisotopic (exact) mass is 317 g/mol. The number of hydrogen-bond donors (Lipinski definition) is 2. The number of nitrogens with one attached hydrogen (secondary N) is 1. The molecule has 0 aliphatic rings. The Kier molecular flexibility index (Phi) is 6.15. The maximum atomic E-state index is 11.9. The predicted octanol–water partition coefficient (Wildman–Crippen LogP) is 2.88. The molecule has 0 saturated heterocycles. The lowest BCUT2D eigenvalue weighted by Gasteiger charge is -2.14. The Hall–Kier alpha value is -2.14. The quantitative estimate of drug-likeness (QED) is 0.787. The number of thiophene rings is 1. The number of rotatable bonds is 8. The Bertz CT molecular complexity index is 596. The number of carboxylic acid groups (broad SMARTS) is 1. The number of carbonyl (C=O) groups is 2. The SMILES string of the molecule is O=C(CCCc1cccs1)N[C@H](Cc1ccccc1)C(=O)O. The Morgan fingerprint density at radius 3 is 2.55 bits per heavy atom. The van der Waals surface area contributed by atoms with Gasteiger partial charge in [-0.05, 0) is 29.9 Å². The third-order valence-corrected chi connectivity index (χ3v) is 4.26. The fourth-order valence-corrected chi connectivity index (χ4v) is 2.95. The van der Waals surface area contributed by atoms with E-state index in [4.69, 9.17) is 0 Å². The summed E-state index contributed by atoms with van der Waals surface area (Å²) in [6.45, 7) is 0. The fraction of sp³-hybridized carbons (Fsp3) is 0.294. The van der Waals surface area contributed by atoms with Crippen LogP contribution in [0.2, 0.25) is 0 Å². The molecule has 0 bridgehead atoms. The van der Waals surface area contributed by atoms with Crippen LogP contribution in [0.25, 0.3) is 0 Å². The molecule has 116 valence electrons. The number of aliphatic carboxylic acids is 1. The first kappa shape index (κ1) is 16.2. The van der Waals surface area contributed by atoms with E-state index in [0.29, 0.717) is 12.8 Å². The highest BCUT2D eigenvalue weighted by Gasteiger charge is 2.20. The van der Waals surface area contributed by atoms with Crippen molar-refractivity contribution in [1.29, 1.82) is 0 Å². The normalized spacial score (nSPS) is 11.8. The number of amides is 1. The highest BCUT2D eigenvalue weighted by atomic mass is 32.1. The van der Waals surface area contributed by atoms with Crippen molar-refractivity contribution in [2.45, 2.75) is 31.7 Å². The highest BCUT2D eigenvalue weighted by Crippen LogP contribution is 2.12. The van der Waals surface area contributed by atoms with Crippen LogP contribution in [-0.2, 0) is 22.4 Å². The van der Waals surface area contributed by atoms with Gasteiger partial charge in [0.2, 0.25) is 5.91 Å². The van der Waals surface area contributed by atoms with Crippen LogP contribution in [-0.4, -0.2) is 23.0 Å². The van der Waals surface area contributed by atoms with Crippen LogP contribution < -0.4 is 5.32 Å². The second-order valence-electron chi connectivity index (χ2n) is 5.08. The molecule has 0 spiro atoms. The summed E-state index contributed by atoms with van der Waals surface area (Å²) in [6, 6.07) is 12.5. The summed E-state index contributed by atoms with van der Waals surface area (Å²) in [6.07, 6.45) is 2.22. The van der Waals surface area contributed by atoms with Crippen LogP contribution >= 0.6 is 11.3 Å². The molecule has 0 fully saturated rings. The van der Waals surface area contributed by atoms with E-state index in [-0.39, 0.29) is 5.91 Å². The van der Waals surface area contributed by atoms with Crippen molar-refractivity contribution >= 4 is 23.2 Å². The third-order valence-electron chi connectivity index (χ3n) is 3.32. The molecule has 0 radical (unpaired) electrons. The van der Waals surface area contributed by atoms with Gasteiger partial charge in [0.1, 0.15) is 6.04 Å². The first-order valence-electron chi connectivity index (χ1n) is 7.23. The lowest BCUT2D eigenvalue weighted by atomic mass is 10.1. The van der Waals surface area contributed by atoms with Gasteiger partial charge in [-0.25, -0.2) is 4.79 Å². The number of benzene rings is 1. The molecule has 2 rings (SSSR count). The molecule has 0 aliphatic carbocycles. The van der Waals surface area contributed by atoms with Gasteiger partial charge in [-0.15, -0.1) is 11.3 Å². The minimum Gasteiger partial charge on any atom is -0.480 e. The topological polar surface area (TPSA) is 66.4 Å². The van der Waals surface area contributed by atoms with Gasteiger partial charge >= 0.3 is 5.97 Å². The van der Waals surface area contributed by atoms with E-state index in [2.05, 4.69) is 5.32 Å². The summed E-state index contributed by atoms with van der Waals surface area (Å²) in [5.41, 5.74) is 0.897. The molecule has 0 aliphatic heterocycles. The predicted molar refractivity (Wildman–Crippen MR) is 87.0 cm³/mol.